The Labute approximate surface area is 58.5 Å². The molecule has 0 aromatic carbocycles. The van der Waals surface area contributed by atoms with Gasteiger partial charge in [-0.05, 0) is 12.5 Å². The molecule has 0 bridgehead atoms. The molecule has 2 heteroatoms. The first-order chi connectivity index (χ1) is 4.86. The maximum Gasteiger partial charge on any atom is 0.336 e. The van der Waals surface area contributed by atoms with Crippen molar-refractivity contribution < 1.29 is 9.53 Å². The van der Waals surface area contributed by atoms with E-state index in [2.05, 4.69) is 0 Å². The second-order valence-corrected chi connectivity index (χ2v) is 2.23. The predicted molar refractivity (Wildman–Crippen MR) is 36.0 cm³/mol. The Morgan fingerprint density at radius 3 is 3.20 bits per heavy atom. The molecular weight excluding hydrogens is 128 g/mol. The number of esters is 1. The molecule has 0 radical (unpaired) electrons. The minimum absolute atomic E-state index is 0.257. The highest BCUT2D eigenvalue weighted by molar-refractivity contribution is 5.89. The lowest BCUT2D eigenvalue weighted by molar-refractivity contribution is -0.132. The van der Waals surface area contributed by atoms with Gasteiger partial charge < -0.3 is 4.74 Å². The molecule has 50 valence electrons. The van der Waals surface area contributed by atoms with Crippen LogP contribution in [0.1, 0.15) is 6.42 Å². The average molecular weight is 134 g/mol. The quantitative estimate of drug-likeness (QED) is 0.467. The Kier molecular flexibility index (Phi) is 1.01. The van der Waals surface area contributed by atoms with Crippen LogP contribution in [0.25, 0.3) is 0 Å². The highest BCUT2D eigenvalue weighted by atomic mass is 16.5. The van der Waals surface area contributed by atoms with Gasteiger partial charge in [0, 0.05) is 11.6 Å². The third-order valence-electron chi connectivity index (χ3n) is 1.51. The summed E-state index contributed by atoms with van der Waals surface area (Å²) < 4.78 is 4.84. The molecule has 1 heterocycles. The van der Waals surface area contributed by atoms with E-state index in [4.69, 9.17) is 4.74 Å². The fourth-order valence-corrected chi connectivity index (χ4v) is 1.05. The van der Waals surface area contributed by atoms with Crippen molar-refractivity contribution in [3.63, 3.8) is 0 Å². The van der Waals surface area contributed by atoms with E-state index in [1.165, 1.54) is 6.08 Å². The minimum Gasteiger partial charge on any atom is -0.423 e. The lowest BCUT2D eigenvalue weighted by Crippen LogP contribution is -1.91. The van der Waals surface area contributed by atoms with Gasteiger partial charge in [-0.2, -0.15) is 0 Å². The summed E-state index contributed by atoms with van der Waals surface area (Å²) in [5.41, 5.74) is 0.899. The van der Waals surface area contributed by atoms with Crippen molar-refractivity contribution in [2.24, 2.45) is 0 Å². The first-order valence-electron chi connectivity index (χ1n) is 3.17. The van der Waals surface area contributed by atoms with Gasteiger partial charge in [-0.15, -0.1) is 0 Å². The van der Waals surface area contributed by atoms with E-state index in [1.54, 1.807) is 0 Å². The predicted octanol–water partition coefficient (Wildman–Crippen LogP) is 1.31. The number of hydrogen-bond acceptors (Lipinski definition) is 2. The van der Waals surface area contributed by atoms with E-state index in [1.807, 2.05) is 18.2 Å². The molecular formula is C8H6O2. The molecule has 0 amide bonds. The van der Waals surface area contributed by atoms with Crippen molar-refractivity contribution in [2.45, 2.75) is 6.42 Å². The molecule has 2 rings (SSSR count). The van der Waals surface area contributed by atoms with Crippen LogP contribution in [0.15, 0.2) is 35.6 Å². The van der Waals surface area contributed by atoms with Crippen LogP contribution in [0.2, 0.25) is 0 Å². The Morgan fingerprint density at radius 2 is 2.40 bits per heavy atom. The van der Waals surface area contributed by atoms with Crippen LogP contribution in [0.5, 0.6) is 0 Å². The maximum absolute atomic E-state index is 10.6. The first-order valence-corrected chi connectivity index (χ1v) is 3.17. The maximum atomic E-state index is 10.6. The second-order valence-electron chi connectivity index (χ2n) is 2.23. The molecule has 0 saturated carbocycles. The molecule has 0 unspecified atom stereocenters. The lowest BCUT2D eigenvalue weighted by Gasteiger charge is -2.01. The molecule has 1 aliphatic heterocycles. The largest absolute Gasteiger partial charge is 0.423 e. The fourth-order valence-electron chi connectivity index (χ4n) is 1.05. The van der Waals surface area contributed by atoms with Gasteiger partial charge in [0.2, 0.25) is 0 Å². The summed E-state index contributed by atoms with van der Waals surface area (Å²) in [5, 5.41) is 0. The van der Waals surface area contributed by atoms with Crippen molar-refractivity contribution >= 4 is 5.97 Å². The zero-order valence-corrected chi connectivity index (χ0v) is 5.33. The average Bonchev–Trinajstić information content (AvgIpc) is 2.27. The number of allylic oxidation sites excluding steroid dienone is 3. The molecule has 0 atom stereocenters. The van der Waals surface area contributed by atoms with Gasteiger partial charge in [0.25, 0.3) is 0 Å². The second kappa shape index (κ2) is 1.84. The molecule has 1 aliphatic carbocycles. The molecule has 0 N–H and O–H groups in total. The van der Waals surface area contributed by atoms with Crippen molar-refractivity contribution in [3.05, 3.63) is 35.6 Å². The summed E-state index contributed by atoms with van der Waals surface area (Å²) in [6.45, 7) is 0. The van der Waals surface area contributed by atoms with E-state index in [-0.39, 0.29) is 5.97 Å². The van der Waals surface area contributed by atoms with E-state index >= 15 is 0 Å². The zero-order valence-electron chi connectivity index (χ0n) is 5.33. The van der Waals surface area contributed by atoms with Crippen molar-refractivity contribution in [1.29, 1.82) is 0 Å². The highest BCUT2D eigenvalue weighted by Crippen LogP contribution is 2.24. The van der Waals surface area contributed by atoms with E-state index in [0.29, 0.717) is 5.76 Å². The Bertz CT molecular complexity index is 269. The van der Waals surface area contributed by atoms with Gasteiger partial charge in [-0.1, -0.05) is 12.2 Å². The van der Waals surface area contributed by atoms with Gasteiger partial charge in [0.15, 0.2) is 0 Å². The monoisotopic (exact) mass is 134 g/mol. The lowest BCUT2D eigenvalue weighted by atomic mass is 10.1. The Morgan fingerprint density at radius 1 is 1.50 bits per heavy atom. The van der Waals surface area contributed by atoms with Gasteiger partial charge in [0.1, 0.15) is 5.76 Å². The highest BCUT2D eigenvalue weighted by Gasteiger charge is 2.18. The van der Waals surface area contributed by atoms with E-state index < -0.39 is 0 Å². The third-order valence-corrected chi connectivity index (χ3v) is 1.51. The van der Waals surface area contributed by atoms with Gasteiger partial charge in [-0.3, -0.25) is 0 Å². The molecule has 0 aromatic heterocycles. The van der Waals surface area contributed by atoms with Crippen molar-refractivity contribution in [1.82, 2.24) is 0 Å². The molecule has 2 aliphatic rings. The van der Waals surface area contributed by atoms with E-state index in [0.717, 1.165) is 12.0 Å². The smallest absolute Gasteiger partial charge is 0.336 e. The normalized spacial score (nSPS) is 21.4. The summed E-state index contributed by atoms with van der Waals surface area (Å²) in [7, 11) is 0. The minimum atomic E-state index is -0.257. The van der Waals surface area contributed by atoms with Crippen molar-refractivity contribution in [3.8, 4) is 0 Å². The van der Waals surface area contributed by atoms with Crippen LogP contribution in [-0.2, 0) is 9.53 Å². The molecule has 0 fully saturated rings. The molecule has 10 heavy (non-hydrogen) atoms. The first kappa shape index (κ1) is 5.47. The number of carbonyl (C=O) groups excluding carboxylic acids is 1. The number of fused-ring (bicyclic) bond motifs is 1. The van der Waals surface area contributed by atoms with Gasteiger partial charge >= 0.3 is 5.97 Å². The number of rotatable bonds is 0. The number of carbonyl (C=O) groups is 1. The van der Waals surface area contributed by atoms with Crippen LogP contribution in [0.3, 0.4) is 0 Å². The van der Waals surface area contributed by atoms with Crippen LogP contribution in [0, 0.1) is 0 Å². The van der Waals surface area contributed by atoms with Crippen LogP contribution in [-0.4, -0.2) is 5.97 Å². The Balaban J connectivity index is 2.43. The molecule has 0 aromatic rings. The zero-order chi connectivity index (χ0) is 6.97. The SMILES string of the molecule is O=C1C=C2C=CCC=C2O1. The van der Waals surface area contributed by atoms with Crippen molar-refractivity contribution in [2.75, 3.05) is 0 Å². The standard InChI is InChI=1S/C8H6O2/c9-8-5-6-3-1-2-4-7(6)10-8/h1,3-5H,2H2. The summed E-state index contributed by atoms with van der Waals surface area (Å²) in [4.78, 5) is 10.6. The molecule has 0 saturated heterocycles. The summed E-state index contributed by atoms with van der Waals surface area (Å²) in [6.07, 6.45) is 8.16. The molecule has 0 spiro atoms. The van der Waals surface area contributed by atoms with E-state index in [9.17, 15) is 4.79 Å². The number of hydrogen-bond donors (Lipinski definition) is 0. The number of ether oxygens (including phenoxy) is 1. The van der Waals surface area contributed by atoms with Gasteiger partial charge in [-0.25, -0.2) is 4.79 Å². The fraction of sp³-hybridized carbons (Fsp3) is 0.125. The van der Waals surface area contributed by atoms with Crippen LogP contribution in [0.4, 0.5) is 0 Å². The Hall–Kier alpha value is -1.31. The van der Waals surface area contributed by atoms with Crippen LogP contribution < -0.4 is 0 Å². The third kappa shape index (κ3) is 0.692. The van der Waals surface area contributed by atoms with Gasteiger partial charge in [0.05, 0.1) is 0 Å². The summed E-state index contributed by atoms with van der Waals surface area (Å²) in [6, 6.07) is 0. The van der Waals surface area contributed by atoms with Crippen LogP contribution >= 0.6 is 0 Å². The summed E-state index contributed by atoms with van der Waals surface area (Å²) in [5.74, 6) is 0.459. The topological polar surface area (TPSA) is 26.3 Å². The summed E-state index contributed by atoms with van der Waals surface area (Å²) >= 11 is 0. The molecule has 2 nitrogen and oxygen atoms in total.